The molecule has 28 heavy (non-hydrogen) atoms. The van der Waals surface area contributed by atoms with Crippen LogP contribution in [0.3, 0.4) is 0 Å². The SMILES string of the molecule is CCO[Si](CCCN(Cc1ccccn1)Cc1ccccn1)(OCC)OCC. The van der Waals surface area contributed by atoms with Crippen LogP contribution in [0.2, 0.25) is 6.04 Å². The second-order valence-electron chi connectivity index (χ2n) is 6.44. The van der Waals surface area contributed by atoms with E-state index in [1.807, 2.05) is 57.4 Å². The van der Waals surface area contributed by atoms with Gasteiger partial charge in [-0.1, -0.05) is 12.1 Å². The third kappa shape index (κ3) is 7.77. The largest absolute Gasteiger partial charge is 0.500 e. The summed E-state index contributed by atoms with van der Waals surface area (Å²) in [7, 11) is -2.60. The van der Waals surface area contributed by atoms with Gasteiger partial charge in [0.25, 0.3) is 0 Å². The van der Waals surface area contributed by atoms with Crippen LogP contribution in [0.4, 0.5) is 0 Å². The summed E-state index contributed by atoms with van der Waals surface area (Å²) >= 11 is 0. The predicted molar refractivity (Wildman–Crippen MR) is 113 cm³/mol. The van der Waals surface area contributed by atoms with Gasteiger partial charge in [0.1, 0.15) is 0 Å². The Morgan fingerprint density at radius 2 is 1.29 bits per heavy atom. The molecule has 0 spiro atoms. The zero-order valence-electron chi connectivity index (χ0n) is 17.3. The van der Waals surface area contributed by atoms with Gasteiger partial charge in [0.05, 0.1) is 11.4 Å². The summed E-state index contributed by atoms with van der Waals surface area (Å²) in [5, 5.41) is 0. The molecule has 154 valence electrons. The van der Waals surface area contributed by atoms with Gasteiger partial charge in [0.15, 0.2) is 0 Å². The van der Waals surface area contributed by atoms with Gasteiger partial charge in [0.2, 0.25) is 0 Å². The van der Waals surface area contributed by atoms with Crippen molar-refractivity contribution in [1.82, 2.24) is 14.9 Å². The minimum absolute atomic E-state index is 0.609. The Labute approximate surface area is 170 Å². The minimum Gasteiger partial charge on any atom is -0.374 e. The van der Waals surface area contributed by atoms with Crippen LogP contribution >= 0.6 is 0 Å². The van der Waals surface area contributed by atoms with Crippen molar-refractivity contribution in [2.45, 2.75) is 46.3 Å². The maximum absolute atomic E-state index is 5.98. The second kappa shape index (κ2) is 12.7. The Bertz CT molecular complexity index is 587. The molecule has 7 heteroatoms. The third-order valence-electron chi connectivity index (χ3n) is 4.27. The Balaban J connectivity index is 2.01. The van der Waals surface area contributed by atoms with Gasteiger partial charge in [-0.25, -0.2) is 0 Å². The molecule has 0 radical (unpaired) electrons. The normalized spacial score (nSPS) is 11.9. The standard InChI is InChI=1S/C21H33N3O3Si/c1-4-25-28(26-5-2,27-6-3)17-11-16-24(18-20-12-7-9-14-22-20)19-21-13-8-10-15-23-21/h7-10,12-15H,4-6,11,16-19H2,1-3H3. The van der Waals surface area contributed by atoms with E-state index < -0.39 is 8.80 Å². The first kappa shape index (κ1) is 22.6. The number of nitrogens with zero attached hydrogens (tertiary/aromatic N) is 3. The highest BCUT2D eigenvalue weighted by atomic mass is 28.4. The summed E-state index contributed by atoms with van der Waals surface area (Å²) < 4.78 is 17.9. The Morgan fingerprint density at radius 1 is 0.786 bits per heavy atom. The van der Waals surface area contributed by atoms with Gasteiger partial charge in [0, 0.05) is 51.3 Å². The van der Waals surface area contributed by atoms with Crippen LogP contribution in [0.1, 0.15) is 38.6 Å². The Morgan fingerprint density at radius 3 is 1.68 bits per heavy atom. The molecule has 0 aliphatic rings. The molecular weight excluding hydrogens is 370 g/mol. The van der Waals surface area contributed by atoms with Gasteiger partial charge < -0.3 is 13.3 Å². The van der Waals surface area contributed by atoms with E-state index in [2.05, 4.69) is 27.0 Å². The molecule has 0 aliphatic heterocycles. The molecule has 2 aromatic heterocycles. The van der Waals surface area contributed by atoms with Crippen molar-refractivity contribution in [2.24, 2.45) is 0 Å². The van der Waals surface area contributed by atoms with Crippen molar-refractivity contribution >= 4 is 8.80 Å². The molecule has 0 bridgehead atoms. The number of hydrogen-bond donors (Lipinski definition) is 0. The predicted octanol–water partition coefficient (Wildman–Crippen LogP) is 3.92. The van der Waals surface area contributed by atoms with Crippen LogP contribution in [-0.4, -0.2) is 50.0 Å². The summed E-state index contributed by atoms with van der Waals surface area (Å²) in [5.41, 5.74) is 2.11. The van der Waals surface area contributed by atoms with Crippen LogP contribution in [0, 0.1) is 0 Å². The average molecular weight is 404 g/mol. The molecule has 2 rings (SSSR count). The molecule has 0 aromatic carbocycles. The van der Waals surface area contributed by atoms with E-state index in [1.165, 1.54) is 0 Å². The van der Waals surface area contributed by atoms with Crippen molar-refractivity contribution in [2.75, 3.05) is 26.4 Å². The van der Waals surface area contributed by atoms with Crippen molar-refractivity contribution in [3.8, 4) is 0 Å². The molecule has 0 saturated heterocycles. The molecule has 0 fully saturated rings. The number of rotatable bonds is 14. The van der Waals surface area contributed by atoms with Crippen LogP contribution in [0.5, 0.6) is 0 Å². The first-order valence-electron chi connectivity index (χ1n) is 10.2. The van der Waals surface area contributed by atoms with Gasteiger partial charge in [-0.2, -0.15) is 0 Å². The molecule has 2 aromatic rings. The third-order valence-corrected chi connectivity index (χ3v) is 7.42. The first-order chi connectivity index (χ1) is 13.7. The number of hydrogen-bond acceptors (Lipinski definition) is 6. The zero-order valence-corrected chi connectivity index (χ0v) is 18.3. The fourth-order valence-electron chi connectivity index (χ4n) is 3.18. The van der Waals surface area contributed by atoms with E-state index >= 15 is 0 Å². The maximum Gasteiger partial charge on any atom is 0.500 e. The highest BCUT2D eigenvalue weighted by Crippen LogP contribution is 2.19. The van der Waals surface area contributed by atoms with Crippen molar-refractivity contribution in [3.63, 3.8) is 0 Å². The van der Waals surface area contributed by atoms with Crippen molar-refractivity contribution < 1.29 is 13.3 Å². The van der Waals surface area contributed by atoms with Gasteiger partial charge in [-0.3, -0.25) is 14.9 Å². The first-order valence-corrected chi connectivity index (χ1v) is 12.1. The van der Waals surface area contributed by atoms with Gasteiger partial charge in [-0.15, -0.1) is 0 Å². The van der Waals surface area contributed by atoms with E-state index in [9.17, 15) is 0 Å². The van der Waals surface area contributed by atoms with Crippen molar-refractivity contribution in [3.05, 3.63) is 60.2 Å². The highest BCUT2D eigenvalue weighted by molar-refractivity contribution is 6.60. The van der Waals surface area contributed by atoms with Crippen LogP contribution < -0.4 is 0 Å². The maximum atomic E-state index is 5.98. The molecule has 0 amide bonds. The van der Waals surface area contributed by atoms with E-state index in [0.717, 1.165) is 43.5 Å². The second-order valence-corrected chi connectivity index (χ2v) is 9.17. The summed E-state index contributed by atoms with van der Waals surface area (Å²) in [5.74, 6) is 0. The monoisotopic (exact) mass is 403 g/mol. The molecule has 6 nitrogen and oxygen atoms in total. The summed E-state index contributed by atoms with van der Waals surface area (Å²) in [6.45, 7) is 10.3. The average Bonchev–Trinajstić information content (AvgIpc) is 2.70. The van der Waals surface area contributed by atoms with Crippen LogP contribution in [0.25, 0.3) is 0 Å². The lowest BCUT2D eigenvalue weighted by Crippen LogP contribution is -2.46. The highest BCUT2D eigenvalue weighted by Gasteiger charge is 2.39. The number of aromatic nitrogens is 2. The van der Waals surface area contributed by atoms with E-state index in [0.29, 0.717) is 19.8 Å². The fourth-order valence-corrected chi connectivity index (χ4v) is 5.77. The molecule has 0 N–H and O–H groups in total. The Hall–Kier alpha value is -1.64. The Kier molecular flexibility index (Phi) is 10.3. The van der Waals surface area contributed by atoms with Gasteiger partial charge >= 0.3 is 8.80 Å². The lowest BCUT2D eigenvalue weighted by atomic mass is 10.2. The quantitative estimate of drug-likeness (QED) is 0.446. The van der Waals surface area contributed by atoms with Crippen LogP contribution in [-0.2, 0) is 26.4 Å². The zero-order chi connectivity index (χ0) is 20.1. The summed E-state index contributed by atoms with van der Waals surface area (Å²) in [4.78, 5) is 11.3. The molecule has 0 atom stereocenters. The summed E-state index contributed by atoms with van der Waals surface area (Å²) in [6, 6.07) is 12.9. The van der Waals surface area contributed by atoms with E-state index in [4.69, 9.17) is 13.3 Å². The lowest BCUT2D eigenvalue weighted by Gasteiger charge is -2.29. The molecule has 0 aliphatic carbocycles. The minimum atomic E-state index is -2.60. The molecular formula is C21H33N3O3Si. The van der Waals surface area contributed by atoms with E-state index in [-0.39, 0.29) is 0 Å². The molecule has 0 saturated carbocycles. The topological polar surface area (TPSA) is 56.7 Å². The number of pyridine rings is 2. The smallest absolute Gasteiger partial charge is 0.374 e. The molecule has 2 heterocycles. The van der Waals surface area contributed by atoms with Crippen LogP contribution in [0.15, 0.2) is 48.8 Å². The molecule has 0 unspecified atom stereocenters. The lowest BCUT2D eigenvalue weighted by molar-refractivity contribution is 0.0697. The summed E-state index contributed by atoms with van der Waals surface area (Å²) in [6.07, 6.45) is 4.61. The van der Waals surface area contributed by atoms with E-state index in [1.54, 1.807) is 0 Å². The van der Waals surface area contributed by atoms with Crippen molar-refractivity contribution in [1.29, 1.82) is 0 Å². The van der Waals surface area contributed by atoms with Gasteiger partial charge in [-0.05, 0) is 58.0 Å². The fraction of sp³-hybridized carbons (Fsp3) is 0.524.